The fraction of sp³-hybridized carbons (Fsp3) is 0.150. The summed E-state index contributed by atoms with van der Waals surface area (Å²) in [7, 11) is 0. The van der Waals surface area contributed by atoms with Gasteiger partial charge in [-0.2, -0.15) is 0 Å². The molecule has 0 amide bonds. The number of hydrogen-bond donors (Lipinski definition) is 2. The molecule has 1 aromatic heterocycles. The van der Waals surface area contributed by atoms with Gasteiger partial charge in [-0.15, -0.1) is 0 Å². The van der Waals surface area contributed by atoms with Crippen LogP contribution >= 0.6 is 0 Å². The Balaban J connectivity index is 1.79. The lowest BCUT2D eigenvalue weighted by Crippen LogP contribution is -2.08. The minimum atomic E-state index is -0.373. The average molecular weight is 348 g/mol. The number of carbonyl (C=O) groups is 1. The quantitative estimate of drug-likeness (QED) is 0.641. The molecule has 3 rings (SSSR count). The fourth-order valence-corrected chi connectivity index (χ4v) is 2.40. The highest BCUT2D eigenvalue weighted by atomic mass is 16.5. The van der Waals surface area contributed by atoms with Gasteiger partial charge < -0.3 is 15.4 Å². The average Bonchev–Trinajstić information content (AvgIpc) is 2.65. The molecule has 0 aliphatic carbocycles. The molecule has 1 heterocycles. The molecular formula is C20H20N4O2. The Labute approximate surface area is 152 Å². The van der Waals surface area contributed by atoms with E-state index in [0.717, 1.165) is 5.69 Å². The van der Waals surface area contributed by atoms with E-state index in [9.17, 15) is 4.79 Å². The molecule has 0 aliphatic rings. The van der Waals surface area contributed by atoms with Crippen molar-refractivity contribution in [3.8, 4) is 0 Å². The summed E-state index contributed by atoms with van der Waals surface area (Å²) in [6.45, 7) is 4.14. The highest BCUT2D eigenvalue weighted by Gasteiger charge is 2.12. The molecule has 3 aromatic rings. The van der Waals surface area contributed by atoms with Crippen LogP contribution in [0.5, 0.6) is 0 Å². The molecule has 0 spiro atoms. The molecule has 26 heavy (non-hydrogen) atoms. The van der Waals surface area contributed by atoms with Crippen LogP contribution in [0.1, 0.15) is 22.8 Å². The molecule has 6 heteroatoms. The number of nitrogens with one attached hydrogen (secondary N) is 2. The Bertz CT molecular complexity index is 894. The Kier molecular flexibility index (Phi) is 5.43. The number of ether oxygens (including phenoxy) is 1. The zero-order chi connectivity index (χ0) is 18.4. The van der Waals surface area contributed by atoms with E-state index in [-0.39, 0.29) is 5.97 Å². The van der Waals surface area contributed by atoms with Crippen molar-refractivity contribution in [1.82, 2.24) is 9.97 Å². The van der Waals surface area contributed by atoms with Crippen LogP contribution in [0.15, 0.2) is 60.9 Å². The van der Waals surface area contributed by atoms with Gasteiger partial charge in [0.1, 0.15) is 18.0 Å². The number of aryl methyl sites for hydroxylation is 1. The monoisotopic (exact) mass is 348 g/mol. The van der Waals surface area contributed by atoms with Crippen molar-refractivity contribution in [1.29, 1.82) is 0 Å². The third-order valence-electron chi connectivity index (χ3n) is 3.68. The summed E-state index contributed by atoms with van der Waals surface area (Å²) in [5, 5.41) is 6.39. The van der Waals surface area contributed by atoms with Gasteiger partial charge in [0, 0.05) is 11.8 Å². The van der Waals surface area contributed by atoms with Gasteiger partial charge in [-0.05, 0) is 38.1 Å². The van der Waals surface area contributed by atoms with E-state index in [1.165, 1.54) is 11.9 Å². The lowest BCUT2D eigenvalue weighted by atomic mass is 10.2. The zero-order valence-corrected chi connectivity index (χ0v) is 14.7. The first-order chi connectivity index (χ1) is 12.7. The Morgan fingerprint density at radius 1 is 1.00 bits per heavy atom. The van der Waals surface area contributed by atoms with Crippen molar-refractivity contribution in [2.75, 3.05) is 17.2 Å². The summed E-state index contributed by atoms with van der Waals surface area (Å²) >= 11 is 0. The molecule has 0 saturated heterocycles. The van der Waals surface area contributed by atoms with E-state index in [0.29, 0.717) is 29.5 Å². The van der Waals surface area contributed by atoms with Gasteiger partial charge in [-0.1, -0.05) is 29.8 Å². The van der Waals surface area contributed by atoms with Gasteiger partial charge in [0.2, 0.25) is 0 Å². The predicted molar refractivity (Wildman–Crippen MR) is 102 cm³/mol. The van der Waals surface area contributed by atoms with E-state index in [1.807, 2.05) is 37.3 Å². The molecule has 0 aliphatic heterocycles. The number of para-hydroxylation sites is 1. The van der Waals surface area contributed by atoms with Gasteiger partial charge >= 0.3 is 5.97 Å². The third kappa shape index (κ3) is 4.36. The van der Waals surface area contributed by atoms with Crippen LogP contribution in [0.25, 0.3) is 0 Å². The largest absolute Gasteiger partial charge is 0.462 e. The lowest BCUT2D eigenvalue weighted by Gasteiger charge is -2.12. The van der Waals surface area contributed by atoms with Crippen LogP contribution in [0.2, 0.25) is 0 Å². The number of rotatable bonds is 6. The van der Waals surface area contributed by atoms with Crippen LogP contribution in [0.3, 0.4) is 0 Å². The summed E-state index contributed by atoms with van der Waals surface area (Å²) in [4.78, 5) is 20.5. The number of hydrogen-bond acceptors (Lipinski definition) is 6. The molecule has 0 fully saturated rings. The Morgan fingerprint density at radius 2 is 1.69 bits per heavy atom. The van der Waals surface area contributed by atoms with Crippen LogP contribution in [-0.4, -0.2) is 22.5 Å². The maximum atomic E-state index is 12.1. The standard InChI is InChI=1S/C20H20N4O2/c1-3-26-20(25)16-6-4-5-7-17(16)24-19-12-18(21-13-22-19)23-15-10-8-14(2)9-11-15/h4-13H,3H2,1-2H3,(H2,21,22,23,24). The van der Waals surface area contributed by atoms with E-state index in [2.05, 4.69) is 20.6 Å². The van der Waals surface area contributed by atoms with Gasteiger partial charge in [-0.3, -0.25) is 0 Å². The second-order valence-corrected chi connectivity index (χ2v) is 5.67. The minimum Gasteiger partial charge on any atom is -0.462 e. The first-order valence-corrected chi connectivity index (χ1v) is 8.34. The SMILES string of the molecule is CCOC(=O)c1ccccc1Nc1cc(Nc2ccc(C)cc2)ncn1. The second-order valence-electron chi connectivity index (χ2n) is 5.67. The molecule has 0 saturated carbocycles. The molecule has 0 bridgehead atoms. The number of benzene rings is 2. The summed E-state index contributed by atoms with van der Waals surface area (Å²) in [5.41, 5.74) is 3.22. The van der Waals surface area contributed by atoms with Gasteiger partial charge in [0.15, 0.2) is 0 Å². The smallest absolute Gasteiger partial charge is 0.340 e. The van der Waals surface area contributed by atoms with Crippen molar-refractivity contribution < 1.29 is 9.53 Å². The maximum absolute atomic E-state index is 12.1. The third-order valence-corrected chi connectivity index (χ3v) is 3.68. The molecule has 0 radical (unpaired) electrons. The summed E-state index contributed by atoms with van der Waals surface area (Å²) in [6.07, 6.45) is 1.46. The minimum absolute atomic E-state index is 0.325. The highest BCUT2D eigenvalue weighted by Crippen LogP contribution is 2.22. The summed E-state index contributed by atoms with van der Waals surface area (Å²) in [5.74, 6) is 0.856. The van der Waals surface area contributed by atoms with Crippen molar-refractivity contribution in [2.24, 2.45) is 0 Å². The van der Waals surface area contributed by atoms with E-state index in [4.69, 9.17) is 4.74 Å². The van der Waals surface area contributed by atoms with Crippen LogP contribution in [0.4, 0.5) is 23.0 Å². The fourth-order valence-electron chi connectivity index (χ4n) is 2.40. The van der Waals surface area contributed by atoms with Gasteiger partial charge in [0.05, 0.1) is 17.9 Å². The first-order valence-electron chi connectivity index (χ1n) is 8.34. The first kappa shape index (κ1) is 17.4. The Hall–Kier alpha value is -3.41. The predicted octanol–water partition coefficient (Wildman–Crippen LogP) is 4.45. The molecule has 6 nitrogen and oxygen atoms in total. The maximum Gasteiger partial charge on any atom is 0.340 e. The molecular weight excluding hydrogens is 328 g/mol. The number of esters is 1. The molecule has 2 aromatic carbocycles. The molecule has 0 atom stereocenters. The van der Waals surface area contributed by atoms with Crippen molar-refractivity contribution >= 4 is 29.0 Å². The van der Waals surface area contributed by atoms with Crippen molar-refractivity contribution in [3.63, 3.8) is 0 Å². The second kappa shape index (κ2) is 8.11. The molecule has 132 valence electrons. The summed E-state index contributed by atoms with van der Waals surface area (Å²) < 4.78 is 5.09. The zero-order valence-electron chi connectivity index (χ0n) is 14.7. The van der Waals surface area contributed by atoms with Gasteiger partial charge in [-0.25, -0.2) is 14.8 Å². The van der Waals surface area contributed by atoms with E-state index < -0.39 is 0 Å². The van der Waals surface area contributed by atoms with E-state index in [1.54, 1.807) is 31.2 Å². The van der Waals surface area contributed by atoms with Crippen molar-refractivity contribution in [2.45, 2.75) is 13.8 Å². The van der Waals surface area contributed by atoms with Crippen molar-refractivity contribution in [3.05, 3.63) is 72.1 Å². The summed E-state index contributed by atoms with van der Waals surface area (Å²) in [6, 6.07) is 17.0. The number of anilines is 4. The molecule has 2 N–H and O–H groups in total. The topological polar surface area (TPSA) is 76.1 Å². The Morgan fingerprint density at radius 3 is 2.42 bits per heavy atom. The lowest BCUT2D eigenvalue weighted by molar-refractivity contribution is 0.0527. The normalized spacial score (nSPS) is 10.2. The molecule has 0 unspecified atom stereocenters. The van der Waals surface area contributed by atoms with Gasteiger partial charge in [0.25, 0.3) is 0 Å². The number of nitrogens with zero attached hydrogens (tertiary/aromatic N) is 2. The van der Waals surface area contributed by atoms with Crippen LogP contribution in [0, 0.1) is 6.92 Å². The van der Waals surface area contributed by atoms with Crippen LogP contribution < -0.4 is 10.6 Å². The van der Waals surface area contributed by atoms with E-state index >= 15 is 0 Å². The highest BCUT2D eigenvalue weighted by molar-refractivity contribution is 5.96. The van der Waals surface area contributed by atoms with Crippen LogP contribution in [-0.2, 0) is 4.74 Å². The number of aromatic nitrogens is 2. The number of carbonyl (C=O) groups excluding carboxylic acids is 1.